The lowest BCUT2D eigenvalue weighted by Crippen LogP contribution is -2.26. The molecule has 0 bridgehead atoms. The van der Waals surface area contributed by atoms with Crippen LogP contribution in [0.2, 0.25) is 0 Å². The molecule has 1 heteroatoms. The van der Waals surface area contributed by atoms with Gasteiger partial charge in [0.15, 0.2) is 0 Å². The SMILES string of the molecule is CC1=C(C2CC2C2CC2)NC2C=CCCCC12. The Bertz CT molecular complexity index is 388. The van der Waals surface area contributed by atoms with Crippen molar-refractivity contribution in [1.82, 2.24) is 5.32 Å². The molecule has 17 heavy (non-hydrogen) atoms. The molecule has 1 N–H and O–H groups in total. The van der Waals surface area contributed by atoms with Crippen molar-refractivity contribution in [2.75, 3.05) is 0 Å². The molecule has 0 amide bonds. The van der Waals surface area contributed by atoms with Crippen molar-refractivity contribution in [3.8, 4) is 0 Å². The predicted molar refractivity (Wildman–Crippen MR) is 70.4 cm³/mol. The maximum absolute atomic E-state index is 3.85. The summed E-state index contributed by atoms with van der Waals surface area (Å²) >= 11 is 0. The van der Waals surface area contributed by atoms with Gasteiger partial charge in [-0.1, -0.05) is 12.2 Å². The zero-order valence-electron chi connectivity index (χ0n) is 10.8. The largest absolute Gasteiger partial charge is 0.381 e. The van der Waals surface area contributed by atoms with Crippen molar-refractivity contribution in [3.63, 3.8) is 0 Å². The Balaban J connectivity index is 1.54. The van der Waals surface area contributed by atoms with Gasteiger partial charge in [-0.3, -0.25) is 0 Å². The number of hydrogen-bond acceptors (Lipinski definition) is 1. The first-order valence-corrected chi connectivity index (χ1v) is 7.48. The molecule has 92 valence electrons. The standard InChI is InChI=1S/C16H23N/c1-10-12-5-3-2-4-6-15(12)17-16(10)14-9-13(14)11-7-8-11/h4,6,11-15,17H,2-3,5,7-9H2,1H3. The van der Waals surface area contributed by atoms with Crippen molar-refractivity contribution < 1.29 is 0 Å². The average molecular weight is 229 g/mol. The monoisotopic (exact) mass is 229 g/mol. The molecule has 0 radical (unpaired) electrons. The van der Waals surface area contributed by atoms with Crippen LogP contribution in [0.25, 0.3) is 0 Å². The molecule has 0 spiro atoms. The van der Waals surface area contributed by atoms with Crippen molar-refractivity contribution in [3.05, 3.63) is 23.4 Å². The normalized spacial score (nSPS) is 44.3. The number of allylic oxidation sites excluding steroid dienone is 2. The summed E-state index contributed by atoms with van der Waals surface area (Å²) in [4.78, 5) is 0. The molecule has 4 aliphatic rings. The minimum Gasteiger partial charge on any atom is -0.381 e. The second-order valence-electron chi connectivity index (χ2n) is 6.58. The van der Waals surface area contributed by atoms with E-state index in [2.05, 4.69) is 24.4 Å². The molecule has 2 fully saturated rings. The van der Waals surface area contributed by atoms with E-state index < -0.39 is 0 Å². The van der Waals surface area contributed by atoms with Crippen LogP contribution in [0.3, 0.4) is 0 Å². The molecule has 3 aliphatic carbocycles. The van der Waals surface area contributed by atoms with E-state index in [1.807, 2.05) is 0 Å². The zero-order chi connectivity index (χ0) is 11.4. The molecular formula is C16H23N. The maximum Gasteiger partial charge on any atom is 0.0507 e. The van der Waals surface area contributed by atoms with Gasteiger partial charge in [0.1, 0.15) is 0 Å². The summed E-state index contributed by atoms with van der Waals surface area (Å²) in [5.41, 5.74) is 3.36. The summed E-state index contributed by atoms with van der Waals surface area (Å²) in [6, 6.07) is 0.632. The van der Waals surface area contributed by atoms with E-state index in [0.29, 0.717) is 6.04 Å². The first-order valence-electron chi connectivity index (χ1n) is 7.48. The number of hydrogen-bond donors (Lipinski definition) is 1. The molecule has 2 saturated carbocycles. The van der Waals surface area contributed by atoms with Crippen molar-refractivity contribution in [1.29, 1.82) is 0 Å². The average Bonchev–Trinajstić information content (AvgIpc) is 3.17. The zero-order valence-corrected chi connectivity index (χ0v) is 10.8. The Morgan fingerprint density at radius 1 is 1.18 bits per heavy atom. The number of fused-ring (bicyclic) bond motifs is 1. The van der Waals surface area contributed by atoms with E-state index in [0.717, 1.165) is 23.7 Å². The Morgan fingerprint density at radius 3 is 2.88 bits per heavy atom. The number of rotatable bonds is 2. The molecule has 1 aliphatic heterocycles. The van der Waals surface area contributed by atoms with Gasteiger partial charge in [-0.25, -0.2) is 0 Å². The number of nitrogens with one attached hydrogen (secondary N) is 1. The molecule has 1 heterocycles. The van der Waals surface area contributed by atoms with Crippen LogP contribution >= 0.6 is 0 Å². The molecule has 4 unspecified atom stereocenters. The fraction of sp³-hybridized carbons (Fsp3) is 0.750. The van der Waals surface area contributed by atoms with Crippen LogP contribution in [0.4, 0.5) is 0 Å². The van der Waals surface area contributed by atoms with Crippen LogP contribution in [0.1, 0.15) is 45.4 Å². The maximum atomic E-state index is 3.85. The van der Waals surface area contributed by atoms with Gasteiger partial charge < -0.3 is 5.32 Å². The van der Waals surface area contributed by atoms with Gasteiger partial charge in [0.25, 0.3) is 0 Å². The van der Waals surface area contributed by atoms with E-state index >= 15 is 0 Å². The highest BCUT2D eigenvalue weighted by Crippen LogP contribution is 2.58. The summed E-state index contributed by atoms with van der Waals surface area (Å²) < 4.78 is 0. The van der Waals surface area contributed by atoms with Crippen LogP contribution in [0.5, 0.6) is 0 Å². The van der Waals surface area contributed by atoms with E-state index in [-0.39, 0.29) is 0 Å². The second-order valence-corrected chi connectivity index (χ2v) is 6.58. The topological polar surface area (TPSA) is 12.0 Å². The first kappa shape index (κ1) is 10.2. The fourth-order valence-corrected chi connectivity index (χ4v) is 4.13. The lowest BCUT2D eigenvalue weighted by atomic mass is 9.91. The van der Waals surface area contributed by atoms with Gasteiger partial charge in [-0.05, 0) is 62.9 Å². The minimum atomic E-state index is 0.632. The van der Waals surface area contributed by atoms with Crippen LogP contribution in [0.15, 0.2) is 23.4 Å². The van der Waals surface area contributed by atoms with Gasteiger partial charge >= 0.3 is 0 Å². The lowest BCUT2D eigenvalue weighted by Gasteiger charge is -2.15. The Hall–Kier alpha value is -0.720. The molecule has 1 nitrogen and oxygen atoms in total. The molecule has 4 rings (SSSR count). The van der Waals surface area contributed by atoms with E-state index in [9.17, 15) is 0 Å². The third-order valence-electron chi connectivity index (χ3n) is 5.40. The Labute approximate surface area is 104 Å². The van der Waals surface area contributed by atoms with Gasteiger partial charge in [-0.2, -0.15) is 0 Å². The first-order chi connectivity index (χ1) is 8.34. The Kier molecular flexibility index (Phi) is 2.19. The van der Waals surface area contributed by atoms with Crippen LogP contribution < -0.4 is 5.32 Å². The molecule has 0 aromatic rings. The van der Waals surface area contributed by atoms with E-state index in [1.54, 1.807) is 11.3 Å². The second kappa shape index (κ2) is 3.63. The van der Waals surface area contributed by atoms with Gasteiger partial charge in [0.2, 0.25) is 0 Å². The highest BCUT2D eigenvalue weighted by molar-refractivity contribution is 5.32. The van der Waals surface area contributed by atoms with E-state index in [4.69, 9.17) is 0 Å². The van der Waals surface area contributed by atoms with E-state index in [1.165, 1.54) is 38.5 Å². The quantitative estimate of drug-likeness (QED) is 0.713. The van der Waals surface area contributed by atoms with Gasteiger partial charge in [-0.15, -0.1) is 0 Å². The molecule has 0 aromatic carbocycles. The molecule has 0 saturated heterocycles. The minimum absolute atomic E-state index is 0.632. The van der Waals surface area contributed by atoms with Crippen molar-refractivity contribution in [2.45, 2.75) is 51.5 Å². The Morgan fingerprint density at radius 2 is 2.06 bits per heavy atom. The third kappa shape index (κ3) is 1.66. The highest BCUT2D eigenvalue weighted by atomic mass is 15.0. The van der Waals surface area contributed by atoms with Crippen LogP contribution in [-0.4, -0.2) is 6.04 Å². The summed E-state index contributed by atoms with van der Waals surface area (Å²) in [5.74, 6) is 3.88. The summed E-state index contributed by atoms with van der Waals surface area (Å²) in [5, 5.41) is 3.85. The highest BCUT2D eigenvalue weighted by Gasteiger charge is 2.51. The third-order valence-corrected chi connectivity index (χ3v) is 5.40. The summed E-state index contributed by atoms with van der Waals surface area (Å²) in [7, 11) is 0. The lowest BCUT2D eigenvalue weighted by molar-refractivity contribution is 0.497. The summed E-state index contributed by atoms with van der Waals surface area (Å²) in [6.45, 7) is 2.40. The smallest absolute Gasteiger partial charge is 0.0507 e. The summed E-state index contributed by atoms with van der Waals surface area (Å²) in [6.07, 6.45) is 13.4. The van der Waals surface area contributed by atoms with Gasteiger partial charge in [0.05, 0.1) is 6.04 Å². The predicted octanol–water partition coefficient (Wildman–Crippen LogP) is 3.63. The van der Waals surface area contributed by atoms with Crippen molar-refractivity contribution >= 4 is 0 Å². The van der Waals surface area contributed by atoms with Crippen LogP contribution in [0, 0.1) is 23.7 Å². The molecule has 4 atom stereocenters. The fourth-order valence-electron chi connectivity index (χ4n) is 4.13. The molecular weight excluding hydrogens is 206 g/mol. The van der Waals surface area contributed by atoms with Crippen LogP contribution in [-0.2, 0) is 0 Å². The molecule has 0 aromatic heterocycles. The van der Waals surface area contributed by atoms with Crippen molar-refractivity contribution in [2.24, 2.45) is 23.7 Å². The van der Waals surface area contributed by atoms with Gasteiger partial charge in [0, 0.05) is 17.5 Å².